The summed E-state index contributed by atoms with van der Waals surface area (Å²) in [6, 6.07) is 8.51. The number of benzene rings is 1. The van der Waals surface area contributed by atoms with Gasteiger partial charge in [-0.05, 0) is 43.4 Å². The highest BCUT2D eigenvalue weighted by molar-refractivity contribution is 9.10. The lowest BCUT2D eigenvalue weighted by molar-refractivity contribution is 0.674. The van der Waals surface area contributed by atoms with Crippen LogP contribution in [-0.4, -0.2) is 5.38 Å². The number of hydrogen-bond donors (Lipinski definition) is 0. The van der Waals surface area contributed by atoms with E-state index in [0.717, 1.165) is 23.7 Å². The van der Waals surface area contributed by atoms with Gasteiger partial charge in [0.15, 0.2) is 0 Å². The summed E-state index contributed by atoms with van der Waals surface area (Å²) >= 11 is 9.48. The summed E-state index contributed by atoms with van der Waals surface area (Å²) in [6.45, 7) is 2.14. The molecular formula is C12H16BrCl. The average molecular weight is 276 g/mol. The zero-order valence-corrected chi connectivity index (χ0v) is 10.8. The Hall–Kier alpha value is -0.0100. The number of aryl methyl sites for hydroxylation is 1. The van der Waals surface area contributed by atoms with Crippen LogP contribution >= 0.6 is 27.5 Å². The molecule has 14 heavy (non-hydrogen) atoms. The Morgan fingerprint density at radius 2 is 1.93 bits per heavy atom. The van der Waals surface area contributed by atoms with Crippen LogP contribution in [0.15, 0.2) is 28.7 Å². The van der Waals surface area contributed by atoms with E-state index in [4.69, 9.17) is 11.6 Å². The fourth-order valence-electron chi connectivity index (χ4n) is 1.38. The Kier molecular flexibility index (Phi) is 5.57. The fourth-order valence-corrected chi connectivity index (χ4v) is 1.80. The molecule has 0 saturated heterocycles. The van der Waals surface area contributed by atoms with Crippen molar-refractivity contribution in [2.24, 2.45) is 0 Å². The van der Waals surface area contributed by atoms with Crippen molar-refractivity contribution in [1.29, 1.82) is 0 Å². The summed E-state index contributed by atoms with van der Waals surface area (Å²) in [5.74, 6) is 0. The lowest BCUT2D eigenvalue weighted by atomic mass is 10.1. The lowest BCUT2D eigenvalue weighted by Gasteiger charge is -2.05. The molecule has 78 valence electrons. The van der Waals surface area contributed by atoms with Gasteiger partial charge in [0, 0.05) is 9.85 Å². The summed E-state index contributed by atoms with van der Waals surface area (Å²) in [6.07, 6.45) is 4.51. The first-order valence-corrected chi connectivity index (χ1v) is 6.34. The maximum Gasteiger partial charge on any atom is 0.0333 e. The second-order valence-electron chi connectivity index (χ2n) is 3.52. The van der Waals surface area contributed by atoms with Gasteiger partial charge in [-0.3, -0.25) is 0 Å². The SMILES string of the molecule is CCC(Cl)CCCc1ccc(Br)cc1. The summed E-state index contributed by atoms with van der Waals surface area (Å²) in [7, 11) is 0. The van der Waals surface area contributed by atoms with Gasteiger partial charge in [-0.2, -0.15) is 0 Å². The molecule has 1 aromatic carbocycles. The van der Waals surface area contributed by atoms with E-state index < -0.39 is 0 Å². The third-order valence-electron chi connectivity index (χ3n) is 2.34. The van der Waals surface area contributed by atoms with Crippen molar-refractivity contribution in [1.82, 2.24) is 0 Å². The van der Waals surface area contributed by atoms with Gasteiger partial charge in [0.1, 0.15) is 0 Å². The molecule has 0 fully saturated rings. The molecular weight excluding hydrogens is 259 g/mol. The molecule has 0 bridgehead atoms. The Balaban J connectivity index is 2.28. The molecule has 0 aliphatic carbocycles. The molecule has 0 aliphatic rings. The first-order chi connectivity index (χ1) is 6.72. The van der Waals surface area contributed by atoms with Crippen molar-refractivity contribution in [2.45, 2.75) is 38.0 Å². The number of hydrogen-bond acceptors (Lipinski definition) is 0. The summed E-state index contributed by atoms with van der Waals surface area (Å²) in [5, 5.41) is 0.352. The zero-order valence-electron chi connectivity index (χ0n) is 8.47. The third-order valence-corrected chi connectivity index (χ3v) is 3.39. The largest absolute Gasteiger partial charge is 0.123 e. The molecule has 0 heterocycles. The standard InChI is InChI=1S/C12H16BrCl/c1-2-12(14)5-3-4-10-6-8-11(13)9-7-10/h6-9,12H,2-5H2,1H3. The van der Waals surface area contributed by atoms with E-state index in [1.807, 2.05) is 0 Å². The van der Waals surface area contributed by atoms with E-state index >= 15 is 0 Å². The first kappa shape index (κ1) is 12.1. The van der Waals surface area contributed by atoms with Crippen LogP contribution in [0.25, 0.3) is 0 Å². The maximum absolute atomic E-state index is 6.05. The molecule has 2 heteroatoms. The smallest absolute Gasteiger partial charge is 0.0333 e. The maximum atomic E-state index is 6.05. The Labute approximate surface area is 99.8 Å². The third kappa shape index (κ3) is 4.47. The molecule has 0 saturated carbocycles. The fraction of sp³-hybridized carbons (Fsp3) is 0.500. The number of alkyl halides is 1. The molecule has 0 aliphatic heterocycles. The molecule has 1 rings (SSSR count). The highest BCUT2D eigenvalue weighted by atomic mass is 79.9. The molecule has 0 spiro atoms. The van der Waals surface area contributed by atoms with E-state index in [1.54, 1.807) is 0 Å². The second-order valence-corrected chi connectivity index (χ2v) is 5.06. The van der Waals surface area contributed by atoms with E-state index in [-0.39, 0.29) is 0 Å². The minimum absolute atomic E-state index is 0.352. The topological polar surface area (TPSA) is 0 Å². The molecule has 1 atom stereocenters. The predicted octanol–water partition coefficient (Wildman–Crippen LogP) is 4.79. The van der Waals surface area contributed by atoms with Crippen LogP contribution in [0.1, 0.15) is 31.7 Å². The van der Waals surface area contributed by atoms with Crippen LogP contribution < -0.4 is 0 Å². The van der Waals surface area contributed by atoms with Crippen LogP contribution in [0, 0.1) is 0 Å². The van der Waals surface area contributed by atoms with Gasteiger partial charge in [0.05, 0.1) is 0 Å². The van der Waals surface area contributed by atoms with Crippen LogP contribution in [-0.2, 0) is 6.42 Å². The van der Waals surface area contributed by atoms with E-state index in [9.17, 15) is 0 Å². The van der Waals surface area contributed by atoms with Crippen LogP contribution in [0.3, 0.4) is 0 Å². The Bertz CT molecular complexity index is 256. The van der Waals surface area contributed by atoms with Gasteiger partial charge in [0.25, 0.3) is 0 Å². The highest BCUT2D eigenvalue weighted by Gasteiger charge is 2.00. The van der Waals surface area contributed by atoms with Crippen LogP contribution in [0.5, 0.6) is 0 Å². The van der Waals surface area contributed by atoms with Gasteiger partial charge in [-0.15, -0.1) is 11.6 Å². The van der Waals surface area contributed by atoms with Crippen molar-refractivity contribution < 1.29 is 0 Å². The molecule has 1 aromatic rings. The van der Waals surface area contributed by atoms with Crippen molar-refractivity contribution in [3.05, 3.63) is 34.3 Å². The van der Waals surface area contributed by atoms with E-state index in [1.165, 1.54) is 12.0 Å². The number of rotatable bonds is 5. The first-order valence-electron chi connectivity index (χ1n) is 5.11. The van der Waals surface area contributed by atoms with Crippen molar-refractivity contribution >= 4 is 27.5 Å². The molecule has 1 unspecified atom stereocenters. The summed E-state index contributed by atoms with van der Waals surface area (Å²) in [4.78, 5) is 0. The van der Waals surface area contributed by atoms with E-state index in [0.29, 0.717) is 5.38 Å². The molecule has 0 N–H and O–H groups in total. The quantitative estimate of drug-likeness (QED) is 0.678. The average Bonchev–Trinajstić information content (AvgIpc) is 2.21. The molecule has 0 radical (unpaired) electrons. The van der Waals surface area contributed by atoms with Gasteiger partial charge in [-0.1, -0.05) is 35.0 Å². The van der Waals surface area contributed by atoms with Crippen molar-refractivity contribution in [3.8, 4) is 0 Å². The Morgan fingerprint density at radius 3 is 2.50 bits per heavy atom. The monoisotopic (exact) mass is 274 g/mol. The Morgan fingerprint density at radius 1 is 1.29 bits per heavy atom. The molecule has 0 amide bonds. The zero-order chi connectivity index (χ0) is 10.4. The summed E-state index contributed by atoms with van der Waals surface area (Å²) < 4.78 is 1.14. The van der Waals surface area contributed by atoms with Gasteiger partial charge in [0.2, 0.25) is 0 Å². The second kappa shape index (κ2) is 6.47. The molecule has 0 nitrogen and oxygen atoms in total. The predicted molar refractivity (Wildman–Crippen MR) is 67.0 cm³/mol. The van der Waals surface area contributed by atoms with Gasteiger partial charge in [-0.25, -0.2) is 0 Å². The van der Waals surface area contributed by atoms with Gasteiger partial charge < -0.3 is 0 Å². The molecule has 0 aromatic heterocycles. The van der Waals surface area contributed by atoms with Crippen molar-refractivity contribution in [2.75, 3.05) is 0 Å². The van der Waals surface area contributed by atoms with Crippen molar-refractivity contribution in [3.63, 3.8) is 0 Å². The minimum Gasteiger partial charge on any atom is -0.123 e. The minimum atomic E-state index is 0.352. The highest BCUT2D eigenvalue weighted by Crippen LogP contribution is 2.15. The van der Waals surface area contributed by atoms with Crippen LogP contribution in [0.2, 0.25) is 0 Å². The van der Waals surface area contributed by atoms with E-state index in [2.05, 4.69) is 47.1 Å². The number of halogens is 2. The lowest BCUT2D eigenvalue weighted by Crippen LogP contribution is -1.96. The van der Waals surface area contributed by atoms with Crippen LogP contribution in [0.4, 0.5) is 0 Å². The van der Waals surface area contributed by atoms with Gasteiger partial charge >= 0.3 is 0 Å². The normalized spacial score (nSPS) is 12.8. The summed E-state index contributed by atoms with van der Waals surface area (Å²) in [5.41, 5.74) is 1.40.